The first-order valence-electron chi connectivity index (χ1n) is 9.17. The fourth-order valence-corrected chi connectivity index (χ4v) is 3.54. The number of likely N-dealkylation sites (tertiary alicyclic amines) is 1. The number of hydrogen-bond acceptors (Lipinski definition) is 5. The third-order valence-corrected chi connectivity index (χ3v) is 5.25. The molecule has 0 radical (unpaired) electrons. The maximum Gasteiger partial charge on any atom is 0.271 e. The van der Waals surface area contributed by atoms with Crippen LogP contribution in [0.1, 0.15) is 18.4 Å². The third-order valence-electron chi connectivity index (χ3n) is 5.02. The van der Waals surface area contributed by atoms with Crippen molar-refractivity contribution >= 4 is 28.9 Å². The number of piperidine rings is 1. The number of carbonyl (C=O) groups excluding carboxylic acids is 1. The minimum atomic E-state index is -0.524. The fraction of sp³-hybridized carbons (Fsp3) is 0.350. The summed E-state index contributed by atoms with van der Waals surface area (Å²) in [6.45, 7) is 1.74. The Morgan fingerprint density at radius 2 is 2.03 bits per heavy atom. The van der Waals surface area contributed by atoms with E-state index in [0.29, 0.717) is 48.8 Å². The topological polar surface area (TPSA) is 84.7 Å². The summed E-state index contributed by atoms with van der Waals surface area (Å²) in [4.78, 5) is 25.2. The van der Waals surface area contributed by atoms with Crippen molar-refractivity contribution in [1.82, 2.24) is 4.90 Å². The van der Waals surface area contributed by atoms with Gasteiger partial charge in [0, 0.05) is 35.2 Å². The van der Waals surface area contributed by atoms with Gasteiger partial charge in [0.05, 0.1) is 17.7 Å². The number of amides is 1. The standard InChI is InChI=1S/C20H21ClFN3O4/c1-29-19-5-4-16(25(27)28)11-18(19)23-20(26)13-6-8-24(9-7-13)12-14-2-3-15(21)10-17(14)22/h2-5,10-11,13H,6-9,12H2,1H3,(H,23,26). The summed E-state index contributed by atoms with van der Waals surface area (Å²) in [5, 5.41) is 14.1. The Labute approximate surface area is 172 Å². The summed E-state index contributed by atoms with van der Waals surface area (Å²) in [7, 11) is 1.44. The van der Waals surface area contributed by atoms with Gasteiger partial charge in [-0.25, -0.2) is 4.39 Å². The molecule has 0 aromatic heterocycles. The van der Waals surface area contributed by atoms with Crippen molar-refractivity contribution in [3.63, 3.8) is 0 Å². The highest BCUT2D eigenvalue weighted by Gasteiger charge is 2.26. The zero-order valence-electron chi connectivity index (χ0n) is 15.9. The molecule has 0 bridgehead atoms. The minimum absolute atomic E-state index is 0.124. The molecule has 1 aliphatic rings. The van der Waals surface area contributed by atoms with Crippen molar-refractivity contribution in [3.8, 4) is 5.75 Å². The Balaban J connectivity index is 1.59. The average Bonchev–Trinajstić information content (AvgIpc) is 2.70. The second-order valence-corrected chi connectivity index (χ2v) is 7.35. The lowest BCUT2D eigenvalue weighted by atomic mass is 9.95. The van der Waals surface area contributed by atoms with E-state index >= 15 is 0 Å². The van der Waals surface area contributed by atoms with Crippen LogP contribution in [0.3, 0.4) is 0 Å². The molecule has 7 nitrogen and oxygen atoms in total. The largest absolute Gasteiger partial charge is 0.495 e. The average molecular weight is 422 g/mol. The number of ether oxygens (including phenoxy) is 1. The van der Waals surface area contributed by atoms with E-state index in [9.17, 15) is 19.3 Å². The molecular weight excluding hydrogens is 401 g/mol. The van der Waals surface area contributed by atoms with Gasteiger partial charge in [-0.05, 0) is 44.1 Å². The monoisotopic (exact) mass is 421 g/mol. The molecule has 2 aromatic rings. The number of non-ortho nitro benzene ring substituents is 1. The molecule has 3 rings (SSSR count). The number of nitrogens with zero attached hydrogens (tertiary/aromatic N) is 2. The zero-order valence-corrected chi connectivity index (χ0v) is 16.6. The number of nitrogens with one attached hydrogen (secondary N) is 1. The SMILES string of the molecule is COc1ccc([N+](=O)[O-])cc1NC(=O)C1CCN(Cc2ccc(Cl)cc2F)CC1. The van der Waals surface area contributed by atoms with E-state index in [1.54, 1.807) is 12.1 Å². The van der Waals surface area contributed by atoms with Gasteiger partial charge in [0.15, 0.2) is 0 Å². The zero-order chi connectivity index (χ0) is 21.0. The van der Waals surface area contributed by atoms with Crippen molar-refractivity contribution in [3.05, 3.63) is 62.9 Å². The molecule has 9 heteroatoms. The Morgan fingerprint density at radius 1 is 1.31 bits per heavy atom. The van der Waals surface area contributed by atoms with Gasteiger partial charge in [-0.3, -0.25) is 19.8 Å². The minimum Gasteiger partial charge on any atom is -0.495 e. The maximum atomic E-state index is 14.0. The number of rotatable bonds is 6. The molecule has 29 heavy (non-hydrogen) atoms. The van der Waals surface area contributed by atoms with E-state index in [2.05, 4.69) is 10.2 Å². The van der Waals surface area contributed by atoms with Crippen molar-refractivity contribution in [1.29, 1.82) is 0 Å². The maximum absolute atomic E-state index is 14.0. The lowest BCUT2D eigenvalue weighted by Gasteiger charge is -2.31. The van der Waals surface area contributed by atoms with E-state index in [4.69, 9.17) is 16.3 Å². The quantitative estimate of drug-likeness (QED) is 0.556. The molecule has 2 aromatic carbocycles. The second kappa shape index (κ2) is 9.19. The van der Waals surface area contributed by atoms with Gasteiger partial charge >= 0.3 is 0 Å². The van der Waals surface area contributed by atoms with Gasteiger partial charge in [0.25, 0.3) is 5.69 Å². The second-order valence-electron chi connectivity index (χ2n) is 6.92. The van der Waals surface area contributed by atoms with Crippen LogP contribution in [-0.2, 0) is 11.3 Å². The number of benzene rings is 2. The molecule has 154 valence electrons. The molecule has 1 heterocycles. The van der Waals surface area contributed by atoms with E-state index in [1.165, 1.54) is 31.4 Å². The van der Waals surface area contributed by atoms with Crippen molar-refractivity contribution in [2.75, 3.05) is 25.5 Å². The van der Waals surface area contributed by atoms with Gasteiger partial charge in [0.2, 0.25) is 5.91 Å². The van der Waals surface area contributed by atoms with Crippen LogP contribution >= 0.6 is 11.6 Å². The van der Waals surface area contributed by atoms with Crippen LogP contribution in [0.4, 0.5) is 15.8 Å². The fourth-order valence-electron chi connectivity index (χ4n) is 3.39. The molecule has 1 fully saturated rings. The Bertz CT molecular complexity index is 917. The first kappa shape index (κ1) is 21.0. The van der Waals surface area contributed by atoms with Gasteiger partial charge in [-0.1, -0.05) is 17.7 Å². The van der Waals surface area contributed by atoms with E-state index in [0.717, 1.165) is 0 Å². The summed E-state index contributed by atoms with van der Waals surface area (Å²) in [6, 6.07) is 8.69. The third kappa shape index (κ3) is 5.21. The van der Waals surface area contributed by atoms with Gasteiger partial charge in [-0.2, -0.15) is 0 Å². The van der Waals surface area contributed by atoms with E-state index in [-0.39, 0.29) is 29.0 Å². The number of methoxy groups -OCH3 is 1. The summed E-state index contributed by atoms with van der Waals surface area (Å²) in [5.41, 5.74) is 0.719. The molecule has 1 saturated heterocycles. The Morgan fingerprint density at radius 3 is 2.66 bits per heavy atom. The number of nitro groups is 1. The van der Waals surface area contributed by atoms with Crippen LogP contribution in [0.15, 0.2) is 36.4 Å². The molecule has 1 N–H and O–H groups in total. The summed E-state index contributed by atoms with van der Waals surface area (Å²) in [6.07, 6.45) is 1.22. The molecule has 0 aliphatic carbocycles. The molecule has 0 atom stereocenters. The van der Waals surface area contributed by atoms with Gasteiger partial charge in [0.1, 0.15) is 11.6 Å². The number of hydrogen-bond donors (Lipinski definition) is 1. The van der Waals surface area contributed by atoms with Gasteiger partial charge < -0.3 is 10.1 Å². The number of carbonyl (C=O) groups is 1. The summed E-state index contributed by atoms with van der Waals surface area (Å²) < 4.78 is 19.2. The highest BCUT2D eigenvalue weighted by atomic mass is 35.5. The first-order chi connectivity index (χ1) is 13.9. The van der Waals surface area contributed by atoms with Crippen LogP contribution in [0.5, 0.6) is 5.75 Å². The first-order valence-corrected chi connectivity index (χ1v) is 9.54. The lowest BCUT2D eigenvalue weighted by molar-refractivity contribution is -0.384. The van der Waals surface area contributed by atoms with Crippen LogP contribution in [-0.4, -0.2) is 35.9 Å². The van der Waals surface area contributed by atoms with Crippen LogP contribution in [0.2, 0.25) is 5.02 Å². The number of nitro benzene ring substituents is 1. The molecule has 0 spiro atoms. The van der Waals surface area contributed by atoms with E-state index in [1.807, 2.05) is 0 Å². The van der Waals surface area contributed by atoms with Crippen molar-refractivity contribution < 1.29 is 18.8 Å². The van der Waals surface area contributed by atoms with Crippen LogP contribution < -0.4 is 10.1 Å². The van der Waals surface area contributed by atoms with Gasteiger partial charge in [-0.15, -0.1) is 0 Å². The van der Waals surface area contributed by atoms with Crippen LogP contribution in [0, 0.1) is 21.8 Å². The molecule has 0 saturated carbocycles. The normalized spacial score (nSPS) is 15.1. The predicted molar refractivity (Wildman–Crippen MR) is 108 cm³/mol. The van der Waals surface area contributed by atoms with Crippen LogP contribution in [0.25, 0.3) is 0 Å². The summed E-state index contributed by atoms with van der Waals surface area (Å²) >= 11 is 5.78. The Hall–Kier alpha value is -2.71. The van der Waals surface area contributed by atoms with E-state index < -0.39 is 4.92 Å². The molecule has 1 amide bonds. The number of halogens is 2. The van der Waals surface area contributed by atoms with Crippen molar-refractivity contribution in [2.45, 2.75) is 19.4 Å². The summed E-state index contributed by atoms with van der Waals surface area (Å²) in [5.74, 6) is -0.416. The van der Waals surface area contributed by atoms with Crippen molar-refractivity contribution in [2.24, 2.45) is 5.92 Å². The smallest absolute Gasteiger partial charge is 0.271 e. The molecule has 1 aliphatic heterocycles. The molecular formula is C20H21ClFN3O4. The predicted octanol–water partition coefficient (Wildman–Crippen LogP) is 4.25. The number of anilines is 1. The molecule has 0 unspecified atom stereocenters. The highest BCUT2D eigenvalue weighted by Crippen LogP contribution is 2.30. The lowest BCUT2D eigenvalue weighted by Crippen LogP contribution is -2.38. The Kier molecular flexibility index (Phi) is 6.66. The highest BCUT2D eigenvalue weighted by molar-refractivity contribution is 6.30.